The van der Waals surface area contributed by atoms with E-state index in [1.807, 2.05) is 0 Å². The molecule has 0 amide bonds. The van der Waals surface area contributed by atoms with Gasteiger partial charge in [-0.2, -0.15) is 0 Å². The van der Waals surface area contributed by atoms with Crippen molar-refractivity contribution in [3.63, 3.8) is 0 Å². The highest BCUT2D eigenvalue weighted by molar-refractivity contribution is 4.51. The molecule has 0 aliphatic carbocycles. The first-order chi connectivity index (χ1) is 4.83. The summed E-state index contributed by atoms with van der Waals surface area (Å²) in [6.07, 6.45) is 2.04. The minimum Gasteiger partial charge on any atom is -0.393 e. The molecule has 1 aliphatic rings. The Hall–Kier alpha value is -0.120. The Labute approximate surface area is 61.3 Å². The molecule has 0 spiro atoms. The Morgan fingerprint density at radius 2 is 1.90 bits per heavy atom. The molecule has 1 heterocycles. The Balaban J connectivity index is 2.11. The number of aliphatic hydroxyl groups is 2. The minimum absolute atomic E-state index is 0.0938. The second kappa shape index (κ2) is 3.91. The van der Waals surface area contributed by atoms with Crippen molar-refractivity contribution in [1.29, 1.82) is 0 Å². The second-order valence-electron chi connectivity index (χ2n) is 3.00. The van der Waals surface area contributed by atoms with Gasteiger partial charge in [0.25, 0.3) is 0 Å². The number of hydrogen-bond acceptors (Lipinski definition) is 2. The molecule has 0 saturated carbocycles. The quantitative estimate of drug-likeness (QED) is 0.432. The number of aliphatic hydroxyl groups excluding tert-OH is 2. The molecule has 1 unspecified atom stereocenters. The predicted molar refractivity (Wildman–Crippen MR) is 37.9 cm³/mol. The van der Waals surface area contributed by atoms with Crippen LogP contribution in [-0.2, 0) is 0 Å². The summed E-state index contributed by atoms with van der Waals surface area (Å²) in [5.74, 6) is 0. The van der Waals surface area contributed by atoms with Crippen molar-refractivity contribution in [1.82, 2.24) is 0 Å². The van der Waals surface area contributed by atoms with Gasteiger partial charge in [0.05, 0.1) is 19.7 Å². The molecule has 0 radical (unpaired) electrons. The van der Waals surface area contributed by atoms with Crippen molar-refractivity contribution in [2.24, 2.45) is 0 Å². The van der Waals surface area contributed by atoms with Gasteiger partial charge in [-0.15, -0.1) is 0 Å². The van der Waals surface area contributed by atoms with E-state index in [2.05, 4.69) is 0 Å². The lowest BCUT2D eigenvalue weighted by Crippen LogP contribution is -3.11. The van der Waals surface area contributed by atoms with Crippen molar-refractivity contribution in [3.8, 4) is 0 Å². The summed E-state index contributed by atoms with van der Waals surface area (Å²) in [7, 11) is 0. The zero-order valence-electron chi connectivity index (χ0n) is 6.21. The molecule has 1 fully saturated rings. The van der Waals surface area contributed by atoms with Gasteiger partial charge >= 0.3 is 0 Å². The van der Waals surface area contributed by atoms with Crippen LogP contribution in [0.15, 0.2) is 0 Å². The molecule has 10 heavy (non-hydrogen) atoms. The Kier molecular flexibility index (Phi) is 3.12. The first-order valence-electron chi connectivity index (χ1n) is 3.95. The highest BCUT2D eigenvalue weighted by atomic mass is 16.3. The Morgan fingerprint density at radius 3 is 2.40 bits per heavy atom. The van der Waals surface area contributed by atoms with Gasteiger partial charge in [0.1, 0.15) is 12.6 Å². The van der Waals surface area contributed by atoms with E-state index in [-0.39, 0.29) is 6.61 Å². The van der Waals surface area contributed by atoms with E-state index in [0.717, 1.165) is 19.6 Å². The van der Waals surface area contributed by atoms with Crippen molar-refractivity contribution >= 4 is 0 Å². The molecular weight excluding hydrogens is 130 g/mol. The van der Waals surface area contributed by atoms with Crippen molar-refractivity contribution in [2.45, 2.75) is 18.9 Å². The van der Waals surface area contributed by atoms with E-state index in [1.54, 1.807) is 0 Å². The van der Waals surface area contributed by atoms with Crippen LogP contribution in [0.4, 0.5) is 0 Å². The Bertz CT molecular complexity index is 91.6. The van der Waals surface area contributed by atoms with E-state index in [9.17, 15) is 0 Å². The standard InChI is InChI=1S/C7H15NO2/c9-6-7(10)5-8-3-1-2-4-8/h7,9-10H,1-6H2/p+1. The van der Waals surface area contributed by atoms with Gasteiger partial charge in [0, 0.05) is 12.8 Å². The van der Waals surface area contributed by atoms with Crippen LogP contribution >= 0.6 is 0 Å². The predicted octanol–water partition coefficient (Wildman–Crippen LogP) is -1.98. The summed E-state index contributed by atoms with van der Waals surface area (Å²) in [5, 5.41) is 17.6. The van der Waals surface area contributed by atoms with Crippen LogP contribution in [0.1, 0.15) is 12.8 Å². The molecule has 3 nitrogen and oxygen atoms in total. The Morgan fingerprint density at radius 1 is 1.30 bits per heavy atom. The summed E-state index contributed by atoms with van der Waals surface area (Å²) in [5.41, 5.74) is 0. The maximum Gasteiger partial charge on any atom is 0.126 e. The van der Waals surface area contributed by atoms with Crippen LogP contribution in [0.3, 0.4) is 0 Å². The maximum absolute atomic E-state index is 9.05. The molecule has 1 rings (SSSR count). The molecule has 0 aromatic carbocycles. The van der Waals surface area contributed by atoms with E-state index >= 15 is 0 Å². The third-order valence-electron chi connectivity index (χ3n) is 2.05. The molecule has 0 bridgehead atoms. The lowest BCUT2D eigenvalue weighted by Gasteiger charge is -2.14. The van der Waals surface area contributed by atoms with Crippen LogP contribution < -0.4 is 4.90 Å². The second-order valence-corrected chi connectivity index (χ2v) is 3.00. The van der Waals surface area contributed by atoms with Crippen molar-refractivity contribution in [3.05, 3.63) is 0 Å². The van der Waals surface area contributed by atoms with Crippen LogP contribution in [-0.4, -0.2) is 42.6 Å². The van der Waals surface area contributed by atoms with E-state index in [4.69, 9.17) is 10.2 Å². The lowest BCUT2D eigenvalue weighted by atomic mass is 10.3. The summed E-state index contributed by atoms with van der Waals surface area (Å²) in [6, 6.07) is 0. The normalized spacial score (nSPS) is 23.4. The first-order valence-corrected chi connectivity index (χ1v) is 3.95. The van der Waals surface area contributed by atoms with Crippen molar-refractivity contribution < 1.29 is 15.1 Å². The zero-order chi connectivity index (χ0) is 7.40. The van der Waals surface area contributed by atoms with Crippen LogP contribution in [0, 0.1) is 0 Å². The highest BCUT2D eigenvalue weighted by Gasteiger charge is 2.18. The first kappa shape index (κ1) is 7.98. The number of quaternary nitrogens is 1. The average Bonchev–Trinajstić information content (AvgIpc) is 2.40. The van der Waals surface area contributed by atoms with Gasteiger partial charge in [0.15, 0.2) is 0 Å². The van der Waals surface area contributed by atoms with Gasteiger partial charge in [-0.05, 0) is 0 Å². The largest absolute Gasteiger partial charge is 0.393 e. The molecular formula is C7H16NO2+. The number of rotatable bonds is 3. The fourth-order valence-corrected chi connectivity index (χ4v) is 1.48. The molecule has 0 aromatic rings. The SMILES string of the molecule is OCC(O)C[NH+]1CCCC1. The highest BCUT2D eigenvalue weighted by Crippen LogP contribution is 1.87. The van der Waals surface area contributed by atoms with E-state index in [1.165, 1.54) is 17.7 Å². The summed E-state index contributed by atoms with van der Waals surface area (Å²) < 4.78 is 0. The van der Waals surface area contributed by atoms with E-state index in [0.29, 0.717) is 0 Å². The lowest BCUT2D eigenvalue weighted by molar-refractivity contribution is -0.890. The number of likely N-dealkylation sites (tertiary alicyclic amines) is 1. The monoisotopic (exact) mass is 146 g/mol. The van der Waals surface area contributed by atoms with Crippen molar-refractivity contribution in [2.75, 3.05) is 26.2 Å². The molecule has 1 atom stereocenters. The van der Waals surface area contributed by atoms with Gasteiger partial charge < -0.3 is 15.1 Å². The minimum atomic E-state index is -0.506. The summed E-state index contributed by atoms with van der Waals surface area (Å²) in [6.45, 7) is 2.95. The van der Waals surface area contributed by atoms with Gasteiger partial charge in [0.2, 0.25) is 0 Å². The molecule has 3 N–H and O–H groups in total. The third-order valence-corrected chi connectivity index (χ3v) is 2.05. The molecule has 3 heteroatoms. The van der Waals surface area contributed by atoms with Gasteiger partial charge in [-0.3, -0.25) is 0 Å². The maximum atomic E-state index is 9.05. The smallest absolute Gasteiger partial charge is 0.126 e. The van der Waals surface area contributed by atoms with Gasteiger partial charge in [-0.25, -0.2) is 0 Å². The molecule has 1 aliphatic heterocycles. The summed E-state index contributed by atoms with van der Waals surface area (Å²) >= 11 is 0. The molecule has 1 saturated heterocycles. The third kappa shape index (κ3) is 2.25. The van der Waals surface area contributed by atoms with Gasteiger partial charge in [-0.1, -0.05) is 0 Å². The fourth-order valence-electron chi connectivity index (χ4n) is 1.48. The fraction of sp³-hybridized carbons (Fsp3) is 1.00. The number of hydrogen-bond donors (Lipinski definition) is 3. The van der Waals surface area contributed by atoms with Crippen LogP contribution in [0.5, 0.6) is 0 Å². The topological polar surface area (TPSA) is 44.9 Å². The number of nitrogens with one attached hydrogen (secondary N) is 1. The zero-order valence-corrected chi connectivity index (χ0v) is 6.21. The molecule has 60 valence electrons. The average molecular weight is 146 g/mol. The molecule has 0 aromatic heterocycles. The summed E-state index contributed by atoms with van der Waals surface area (Å²) in [4.78, 5) is 1.43. The van der Waals surface area contributed by atoms with Crippen LogP contribution in [0.2, 0.25) is 0 Å². The van der Waals surface area contributed by atoms with E-state index < -0.39 is 6.10 Å². The van der Waals surface area contributed by atoms with Crippen LogP contribution in [0.25, 0.3) is 0 Å².